The minimum atomic E-state index is -0.417. The number of aromatic nitrogens is 3. The van der Waals surface area contributed by atoms with Gasteiger partial charge in [-0.1, -0.05) is 5.16 Å². The fourth-order valence-electron chi connectivity index (χ4n) is 1.33. The lowest BCUT2D eigenvalue weighted by molar-refractivity contribution is 0.348. The molecular weight excluding hydrogens is 223 g/mol. The van der Waals surface area contributed by atoms with Gasteiger partial charge in [-0.2, -0.15) is 4.98 Å². The molecule has 6 heteroatoms. The highest BCUT2D eigenvalue weighted by Crippen LogP contribution is 2.15. The van der Waals surface area contributed by atoms with Crippen LogP contribution in [0.25, 0.3) is 11.5 Å². The van der Waals surface area contributed by atoms with E-state index < -0.39 is 11.4 Å². The predicted octanol–water partition coefficient (Wildman–Crippen LogP) is 1.55. The van der Waals surface area contributed by atoms with Gasteiger partial charge in [0.15, 0.2) is 0 Å². The Hall–Kier alpha value is -1.82. The van der Waals surface area contributed by atoms with E-state index in [0.29, 0.717) is 23.8 Å². The fraction of sp³-hybridized carbons (Fsp3) is 0.364. The Bertz CT molecular complexity index is 501. The number of halogens is 1. The Kier molecular flexibility index (Phi) is 2.89. The van der Waals surface area contributed by atoms with E-state index >= 15 is 0 Å². The van der Waals surface area contributed by atoms with Crippen molar-refractivity contribution in [2.75, 3.05) is 0 Å². The summed E-state index contributed by atoms with van der Waals surface area (Å²) in [7, 11) is 0. The van der Waals surface area contributed by atoms with Crippen molar-refractivity contribution in [3.63, 3.8) is 0 Å². The number of nitrogens with two attached hydrogens (primary N) is 1. The second kappa shape index (κ2) is 4.21. The molecule has 0 unspecified atom stereocenters. The Labute approximate surface area is 97.9 Å². The van der Waals surface area contributed by atoms with E-state index in [0.717, 1.165) is 6.20 Å². The van der Waals surface area contributed by atoms with Crippen LogP contribution in [0.3, 0.4) is 0 Å². The minimum Gasteiger partial charge on any atom is -0.339 e. The fourth-order valence-corrected chi connectivity index (χ4v) is 1.33. The van der Waals surface area contributed by atoms with Crippen LogP contribution in [0.4, 0.5) is 4.39 Å². The maximum atomic E-state index is 12.7. The molecule has 0 radical (unpaired) electrons. The molecule has 2 heterocycles. The SMILES string of the molecule is CC(C)(N)Cc1nc(-c2ccc(F)cn2)no1. The average Bonchev–Trinajstić information content (AvgIpc) is 2.64. The molecule has 2 N–H and O–H groups in total. The van der Waals surface area contributed by atoms with E-state index in [-0.39, 0.29) is 0 Å². The summed E-state index contributed by atoms with van der Waals surface area (Å²) in [6, 6.07) is 2.79. The molecule has 0 saturated heterocycles. The monoisotopic (exact) mass is 236 g/mol. The number of rotatable bonds is 3. The summed E-state index contributed by atoms with van der Waals surface area (Å²) in [5, 5.41) is 3.77. The zero-order chi connectivity index (χ0) is 12.5. The molecule has 17 heavy (non-hydrogen) atoms. The third-order valence-electron chi connectivity index (χ3n) is 2.03. The Morgan fingerprint density at radius 2 is 2.18 bits per heavy atom. The highest BCUT2D eigenvalue weighted by molar-refractivity contribution is 5.47. The summed E-state index contributed by atoms with van der Waals surface area (Å²) in [5.74, 6) is 0.378. The van der Waals surface area contributed by atoms with Crippen LogP contribution >= 0.6 is 0 Å². The van der Waals surface area contributed by atoms with Gasteiger partial charge in [0, 0.05) is 12.0 Å². The Morgan fingerprint density at radius 3 is 2.76 bits per heavy atom. The van der Waals surface area contributed by atoms with Crippen LogP contribution in [0, 0.1) is 5.82 Å². The van der Waals surface area contributed by atoms with Crippen LogP contribution in [-0.4, -0.2) is 20.7 Å². The first-order valence-corrected chi connectivity index (χ1v) is 5.17. The van der Waals surface area contributed by atoms with Crippen molar-refractivity contribution in [3.05, 3.63) is 30.0 Å². The van der Waals surface area contributed by atoms with E-state index in [1.165, 1.54) is 12.1 Å². The van der Waals surface area contributed by atoms with Crippen molar-refractivity contribution >= 4 is 0 Å². The normalized spacial score (nSPS) is 11.8. The zero-order valence-electron chi connectivity index (χ0n) is 9.64. The van der Waals surface area contributed by atoms with Crippen molar-refractivity contribution in [3.8, 4) is 11.5 Å². The van der Waals surface area contributed by atoms with Crippen LogP contribution in [0.1, 0.15) is 19.7 Å². The number of hydrogen-bond donors (Lipinski definition) is 1. The lowest BCUT2D eigenvalue weighted by Crippen LogP contribution is -2.34. The molecule has 0 atom stereocenters. The van der Waals surface area contributed by atoms with Crippen molar-refractivity contribution in [2.45, 2.75) is 25.8 Å². The summed E-state index contributed by atoms with van der Waals surface area (Å²) in [6.45, 7) is 3.74. The molecule has 90 valence electrons. The van der Waals surface area contributed by atoms with E-state index in [9.17, 15) is 4.39 Å². The Morgan fingerprint density at radius 1 is 1.41 bits per heavy atom. The summed E-state index contributed by atoms with van der Waals surface area (Å²) >= 11 is 0. The van der Waals surface area contributed by atoms with Crippen molar-refractivity contribution in [2.24, 2.45) is 5.73 Å². The number of pyridine rings is 1. The van der Waals surface area contributed by atoms with Gasteiger partial charge >= 0.3 is 0 Å². The van der Waals surface area contributed by atoms with Crippen LogP contribution in [0.5, 0.6) is 0 Å². The molecule has 0 aliphatic carbocycles. The summed E-state index contributed by atoms with van der Waals surface area (Å²) in [6.07, 6.45) is 1.58. The van der Waals surface area contributed by atoms with Crippen molar-refractivity contribution in [1.82, 2.24) is 15.1 Å². The van der Waals surface area contributed by atoms with Gasteiger partial charge in [-0.05, 0) is 26.0 Å². The van der Waals surface area contributed by atoms with Gasteiger partial charge in [0.1, 0.15) is 11.5 Å². The predicted molar refractivity (Wildman–Crippen MR) is 59.5 cm³/mol. The largest absolute Gasteiger partial charge is 0.339 e. The van der Waals surface area contributed by atoms with Gasteiger partial charge in [-0.25, -0.2) is 9.37 Å². The maximum Gasteiger partial charge on any atom is 0.228 e. The summed E-state index contributed by atoms with van der Waals surface area (Å²) < 4.78 is 17.7. The summed E-state index contributed by atoms with van der Waals surface area (Å²) in [5.41, 5.74) is 5.89. The smallest absolute Gasteiger partial charge is 0.228 e. The molecule has 0 fully saturated rings. The molecule has 5 nitrogen and oxygen atoms in total. The van der Waals surface area contributed by atoms with Crippen LogP contribution in [0.2, 0.25) is 0 Å². The lowest BCUT2D eigenvalue weighted by Gasteiger charge is -2.14. The quantitative estimate of drug-likeness (QED) is 0.874. The molecule has 0 amide bonds. The molecule has 2 aromatic rings. The highest BCUT2D eigenvalue weighted by atomic mass is 19.1. The molecular formula is C11H13FN4O. The second-order valence-corrected chi connectivity index (χ2v) is 4.54. The first-order valence-electron chi connectivity index (χ1n) is 5.17. The number of nitrogens with zero attached hydrogens (tertiary/aromatic N) is 3. The van der Waals surface area contributed by atoms with E-state index in [4.69, 9.17) is 10.3 Å². The van der Waals surface area contributed by atoms with Crippen molar-refractivity contribution < 1.29 is 8.91 Å². The minimum absolute atomic E-state index is 0.337. The second-order valence-electron chi connectivity index (χ2n) is 4.54. The first-order chi connectivity index (χ1) is 7.94. The summed E-state index contributed by atoms with van der Waals surface area (Å²) in [4.78, 5) is 8.02. The zero-order valence-corrected chi connectivity index (χ0v) is 9.64. The third-order valence-corrected chi connectivity index (χ3v) is 2.03. The molecule has 0 aliphatic rings. The Balaban J connectivity index is 2.21. The molecule has 2 aromatic heterocycles. The standard InChI is InChI=1S/C11H13FN4O/c1-11(2,13)5-9-15-10(16-17-9)8-4-3-7(12)6-14-8/h3-4,6H,5,13H2,1-2H3. The van der Waals surface area contributed by atoms with Crippen LogP contribution in [0.15, 0.2) is 22.9 Å². The van der Waals surface area contributed by atoms with Crippen molar-refractivity contribution in [1.29, 1.82) is 0 Å². The molecule has 0 spiro atoms. The van der Waals surface area contributed by atoms with Crippen LogP contribution < -0.4 is 5.73 Å². The molecule has 0 saturated carbocycles. The van der Waals surface area contributed by atoms with Gasteiger partial charge in [-0.3, -0.25) is 0 Å². The van der Waals surface area contributed by atoms with E-state index in [1.54, 1.807) is 0 Å². The average molecular weight is 236 g/mol. The molecule has 2 rings (SSSR count). The van der Waals surface area contributed by atoms with Gasteiger partial charge in [0.2, 0.25) is 11.7 Å². The maximum absolute atomic E-state index is 12.7. The van der Waals surface area contributed by atoms with Gasteiger partial charge in [-0.15, -0.1) is 0 Å². The lowest BCUT2D eigenvalue weighted by atomic mass is 10.0. The topological polar surface area (TPSA) is 77.8 Å². The van der Waals surface area contributed by atoms with Gasteiger partial charge in [0.25, 0.3) is 0 Å². The van der Waals surface area contributed by atoms with Gasteiger partial charge < -0.3 is 10.3 Å². The van der Waals surface area contributed by atoms with E-state index in [2.05, 4.69) is 15.1 Å². The first kappa shape index (κ1) is 11.7. The molecule has 0 aliphatic heterocycles. The highest BCUT2D eigenvalue weighted by Gasteiger charge is 2.17. The molecule has 0 aromatic carbocycles. The van der Waals surface area contributed by atoms with E-state index in [1.807, 2.05) is 13.8 Å². The van der Waals surface area contributed by atoms with Gasteiger partial charge in [0.05, 0.1) is 6.20 Å². The molecule has 0 bridgehead atoms. The number of hydrogen-bond acceptors (Lipinski definition) is 5. The third kappa shape index (κ3) is 3.07. The van der Waals surface area contributed by atoms with Crippen LogP contribution in [-0.2, 0) is 6.42 Å².